The van der Waals surface area contributed by atoms with Gasteiger partial charge in [-0.05, 0) is 30.2 Å². The molecule has 1 heterocycles. The summed E-state index contributed by atoms with van der Waals surface area (Å²) in [5.74, 6) is -0.166. The fraction of sp³-hybridized carbons (Fsp3) is 0.238. The van der Waals surface area contributed by atoms with Gasteiger partial charge in [0, 0.05) is 13.1 Å². The highest BCUT2D eigenvalue weighted by Crippen LogP contribution is 2.20. The molecular weight excluding hydrogens is 377 g/mol. The van der Waals surface area contributed by atoms with Crippen molar-refractivity contribution in [2.45, 2.75) is 31.8 Å². The quantitative estimate of drug-likeness (QED) is 0.571. The number of rotatable bonds is 8. The lowest BCUT2D eigenvalue weighted by molar-refractivity contribution is -0.118. The van der Waals surface area contributed by atoms with Crippen LogP contribution in [0.1, 0.15) is 22.4 Å². The minimum absolute atomic E-state index is 0.0903. The molecular formula is C21H22FN3O2S. The maximum atomic E-state index is 13.1. The number of amides is 1. The van der Waals surface area contributed by atoms with E-state index in [1.54, 1.807) is 18.3 Å². The van der Waals surface area contributed by atoms with Gasteiger partial charge in [-0.1, -0.05) is 53.7 Å². The molecule has 0 unspecified atom stereocenters. The van der Waals surface area contributed by atoms with Crippen LogP contribution in [-0.4, -0.2) is 26.3 Å². The molecule has 28 heavy (non-hydrogen) atoms. The average molecular weight is 399 g/mol. The number of aromatic nitrogens is 2. The Bertz CT molecular complexity index is 924. The fourth-order valence-corrected chi connectivity index (χ4v) is 3.49. The zero-order valence-corrected chi connectivity index (χ0v) is 16.4. The molecule has 2 N–H and O–H groups in total. The predicted molar refractivity (Wildman–Crippen MR) is 107 cm³/mol. The number of carbonyl (C=O) groups excluding carboxylic acids is 1. The van der Waals surface area contributed by atoms with Gasteiger partial charge in [-0.3, -0.25) is 4.79 Å². The monoisotopic (exact) mass is 399 g/mol. The van der Waals surface area contributed by atoms with Crippen molar-refractivity contribution < 1.29 is 14.3 Å². The lowest BCUT2D eigenvalue weighted by Crippen LogP contribution is -2.24. The van der Waals surface area contributed by atoms with Crippen LogP contribution in [0.3, 0.4) is 0 Å². The van der Waals surface area contributed by atoms with Crippen molar-refractivity contribution in [2.75, 3.05) is 5.75 Å². The molecule has 1 aromatic heterocycles. The number of carbonyl (C=O) groups is 1. The van der Waals surface area contributed by atoms with E-state index < -0.39 is 0 Å². The number of thioether (sulfide) groups is 1. The molecule has 0 atom stereocenters. The lowest BCUT2D eigenvalue weighted by atomic mass is 10.1. The van der Waals surface area contributed by atoms with Gasteiger partial charge in [0.05, 0.1) is 24.3 Å². The third-order valence-electron chi connectivity index (χ3n) is 4.26. The Morgan fingerprint density at radius 2 is 1.82 bits per heavy atom. The number of imidazole rings is 1. The minimum atomic E-state index is -0.295. The summed E-state index contributed by atoms with van der Waals surface area (Å²) in [6, 6.07) is 14.2. The van der Waals surface area contributed by atoms with Gasteiger partial charge in [-0.25, -0.2) is 9.37 Å². The normalized spacial score (nSPS) is 10.8. The van der Waals surface area contributed by atoms with Gasteiger partial charge in [-0.2, -0.15) is 0 Å². The van der Waals surface area contributed by atoms with Crippen molar-refractivity contribution in [2.24, 2.45) is 0 Å². The van der Waals surface area contributed by atoms with Crippen molar-refractivity contribution in [3.05, 3.63) is 82.9 Å². The van der Waals surface area contributed by atoms with Crippen molar-refractivity contribution >= 4 is 17.7 Å². The van der Waals surface area contributed by atoms with Crippen LogP contribution in [0.2, 0.25) is 0 Å². The molecule has 3 rings (SSSR count). The van der Waals surface area contributed by atoms with E-state index in [4.69, 9.17) is 0 Å². The number of aryl methyl sites for hydroxylation is 1. The van der Waals surface area contributed by atoms with Crippen molar-refractivity contribution in [1.82, 2.24) is 14.9 Å². The Morgan fingerprint density at radius 1 is 1.14 bits per heavy atom. The van der Waals surface area contributed by atoms with Gasteiger partial charge < -0.3 is 15.0 Å². The Labute approximate surface area is 167 Å². The lowest BCUT2D eigenvalue weighted by Gasteiger charge is -2.11. The zero-order chi connectivity index (χ0) is 19.9. The zero-order valence-electron chi connectivity index (χ0n) is 15.6. The fourth-order valence-electron chi connectivity index (χ4n) is 2.66. The summed E-state index contributed by atoms with van der Waals surface area (Å²) in [6.07, 6.45) is 1.59. The highest BCUT2D eigenvalue weighted by molar-refractivity contribution is 7.99. The first-order chi connectivity index (χ1) is 13.5. The third kappa shape index (κ3) is 5.43. The third-order valence-corrected chi connectivity index (χ3v) is 5.25. The number of halogens is 1. The molecule has 0 saturated heterocycles. The molecule has 0 saturated carbocycles. The van der Waals surface area contributed by atoms with Crippen molar-refractivity contribution in [1.29, 1.82) is 0 Å². The number of hydrogen-bond acceptors (Lipinski definition) is 4. The number of nitrogens with one attached hydrogen (secondary N) is 1. The molecule has 2 aromatic carbocycles. The summed E-state index contributed by atoms with van der Waals surface area (Å²) in [5, 5.41) is 13.1. The van der Waals surface area contributed by atoms with Gasteiger partial charge in [0.2, 0.25) is 5.91 Å². The Morgan fingerprint density at radius 3 is 2.50 bits per heavy atom. The topological polar surface area (TPSA) is 67.2 Å². The summed E-state index contributed by atoms with van der Waals surface area (Å²) in [5.41, 5.74) is 3.76. The Kier molecular flexibility index (Phi) is 6.84. The minimum Gasteiger partial charge on any atom is -0.390 e. The maximum absolute atomic E-state index is 13.1. The highest BCUT2D eigenvalue weighted by atomic mass is 32.2. The average Bonchev–Trinajstić information content (AvgIpc) is 3.09. The number of aliphatic hydroxyl groups is 1. The second-order valence-corrected chi connectivity index (χ2v) is 7.40. The number of hydrogen-bond donors (Lipinski definition) is 2. The molecule has 3 aromatic rings. The molecule has 7 heteroatoms. The Hall–Kier alpha value is -2.64. The van der Waals surface area contributed by atoms with Crippen molar-refractivity contribution in [3.63, 3.8) is 0 Å². The highest BCUT2D eigenvalue weighted by Gasteiger charge is 2.13. The number of aliphatic hydroxyl groups excluding tert-OH is 1. The van der Waals surface area contributed by atoms with Gasteiger partial charge >= 0.3 is 0 Å². The molecule has 1 amide bonds. The summed E-state index contributed by atoms with van der Waals surface area (Å²) in [6.45, 7) is 2.79. The first kappa shape index (κ1) is 20.1. The standard InChI is InChI=1S/C21H22FN3O2S/c1-15-2-4-16(5-3-15)10-23-20(27)14-28-21-24-11-19(13-26)25(21)12-17-6-8-18(22)9-7-17/h2-9,11,26H,10,12-14H2,1H3,(H,23,27). The number of nitrogens with zero attached hydrogens (tertiary/aromatic N) is 2. The molecule has 0 fully saturated rings. The van der Waals surface area contributed by atoms with E-state index in [2.05, 4.69) is 10.3 Å². The van der Waals surface area contributed by atoms with E-state index in [1.807, 2.05) is 35.8 Å². The molecule has 0 aliphatic heterocycles. The SMILES string of the molecule is Cc1ccc(CNC(=O)CSc2ncc(CO)n2Cc2ccc(F)cc2)cc1. The molecule has 5 nitrogen and oxygen atoms in total. The van der Waals surface area contributed by atoms with Crippen LogP contribution in [0.15, 0.2) is 59.9 Å². The van der Waals surface area contributed by atoms with Crippen LogP contribution < -0.4 is 5.32 Å². The second kappa shape index (κ2) is 9.52. The van der Waals surface area contributed by atoms with Crippen LogP contribution in [0.4, 0.5) is 4.39 Å². The molecule has 146 valence electrons. The molecule has 0 spiro atoms. The second-order valence-electron chi connectivity index (χ2n) is 6.45. The van der Waals surface area contributed by atoms with Crippen LogP contribution in [-0.2, 0) is 24.5 Å². The van der Waals surface area contributed by atoms with Crippen LogP contribution in [0, 0.1) is 12.7 Å². The van der Waals surface area contributed by atoms with E-state index in [9.17, 15) is 14.3 Å². The first-order valence-corrected chi connectivity index (χ1v) is 9.88. The van der Waals surface area contributed by atoms with Gasteiger partial charge in [0.25, 0.3) is 0 Å². The van der Waals surface area contributed by atoms with Gasteiger partial charge in [-0.15, -0.1) is 0 Å². The summed E-state index contributed by atoms with van der Waals surface area (Å²) < 4.78 is 14.9. The van der Waals surface area contributed by atoms with E-state index >= 15 is 0 Å². The van der Waals surface area contributed by atoms with Gasteiger partial charge in [0.1, 0.15) is 5.82 Å². The smallest absolute Gasteiger partial charge is 0.230 e. The van der Waals surface area contributed by atoms with Crippen LogP contribution >= 0.6 is 11.8 Å². The number of benzene rings is 2. The van der Waals surface area contributed by atoms with Crippen LogP contribution in [0.5, 0.6) is 0 Å². The molecule has 0 aliphatic rings. The summed E-state index contributed by atoms with van der Waals surface area (Å²) in [4.78, 5) is 16.5. The predicted octanol–water partition coefficient (Wildman–Crippen LogP) is 3.28. The molecule has 0 bridgehead atoms. The van der Waals surface area contributed by atoms with E-state index in [0.29, 0.717) is 23.9 Å². The summed E-state index contributed by atoms with van der Waals surface area (Å²) in [7, 11) is 0. The first-order valence-electron chi connectivity index (χ1n) is 8.90. The Balaban J connectivity index is 1.59. The molecule has 0 radical (unpaired) electrons. The summed E-state index contributed by atoms with van der Waals surface area (Å²) >= 11 is 1.31. The van der Waals surface area contributed by atoms with Gasteiger partial charge in [0.15, 0.2) is 5.16 Å². The van der Waals surface area contributed by atoms with Crippen molar-refractivity contribution in [3.8, 4) is 0 Å². The van der Waals surface area contributed by atoms with E-state index in [0.717, 1.165) is 11.1 Å². The van der Waals surface area contributed by atoms with E-state index in [1.165, 1.54) is 29.5 Å². The van der Waals surface area contributed by atoms with E-state index in [-0.39, 0.29) is 24.1 Å². The van der Waals surface area contributed by atoms with Crippen LogP contribution in [0.25, 0.3) is 0 Å². The largest absolute Gasteiger partial charge is 0.390 e. The molecule has 0 aliphatic carbocycles. The maximum Gasteiger partial charge on any atom is 0.230 e.